The Morgan fingerprint density at radius 3 is 2.52 bits per heavy atom. The van der Waals surface area contributed by atoms with Crippen LogP contribution in [0.15, 0.2) is 35.7 Å². The summed E-state index contributed by atoms with van der Waals surface area (Å²) in [4.78, 5) is 15.2. The summed E-state index contributed by atoms with van der Waals surface area (Å²) in [6.07, 6.45) is 0.766. The lowest BCUT2D eigenvalue weighted by Crippen LogP contribution is -2.51. The lowest BCUT2D eigenvalue weighted by molar-refractivity contribution is 0.200. The van der Waals surface area contributed by atoms with Crippen LogP contribution >= 0.6 is 11.3 Å². The molecule has 29 heavy (non-hydrogen) atoms. The molecule has 0 N–H and O–H groups in total. The molecule has 1 unspecified atom stereocenters. The van der Waals surface area contributed by atoms with E-state index in [9.17, 15) is 8.42 Å². The highest BCUT2D eigenvalue weighted by molar-refractivity contribution is 7.91. The molecule has 5 rings (SSSR count). The molecule has 3 aromatic rings. The molecule has 2 aliphatic heterocycles. The third-order valence-corrected chi connectivity index (χ3v) is 8.57. The highest BCUT2D eigenvalue weighted by Crippen LogP contribution is 2.38. The van der Waals surface area contributed by atoms with E-state index >= 15 is 0 Å². The largest absolute Gasteiger partial charge is 0.353 e. The molecule has 2 saturated heterocycles. The van der Waals surface area contributed by atoms with E-state index in [1.54, 1.807) is 11.3 Å². The second-order valence-corrected chi connectivity index (χ2v) is 11.0. The van der Waals surface area contributed by atoms with Crippen molar-refractivity contribution in [3.8, 4) is 11.1 Å². The first-order valence-corrected chi connectivity index (χ1v) is 12.7. The fourth-order valence-electron chi connectivity index (χ4n) is 4.45. The molecular weight excluding hydrogens is 404 g/mol. The fourth-order valence-corrected chi connectivity index (χ4v) is 7.20. The second kappa shape index (κ2) is 7.34. The van der Waals surface area contributed by atoms with Gasteiger partial charge in [-0.1, -0.05) is 30.3 Å². The molecule has 1 atom stereocenters. The predicted octanol–water partition coefficient (Wildman–Crippen LogP) is 2.98. The summed E-state index contributed by atoms with van der Waals surface area (Å²) >= 11 is 1.67. The van der Waals surface area contributed by atoms with Crippen molar-refractivity contribution < 1.29 is 8.42 Å². The van der Waals surface area contributed by atoms with Crippen LogP contribution in [0.25, 0.3) is 21.3 Å². The zero-order valence-electron chi connectivity index (χ0n) is 16.4. The van der Waals surface area contributed by atoms with Crippen molar-refractivity contribution >= 4 is 37.2 Å². The van der Waals surface area contributed by atoms with Crippen LogP contribution in [0.5, 0.6) is 0 Å². The maximum Gasteiger partial charge on any atom is 0.151 e. The van der Waals surface area contributed by atoms with Gasteiger partial charge >= 0.3 is 0 Å². The SMILES string of the molecule is Cc1nc(N2CCN(C3CCS(=O)(=O)C3)CC2)c2c(-c3ccccc3)csc2n1. The summed E-state index contributed by atoms with van der Waals surface area (Å²) in [7, 11) is -2.85. The maximum atomic E-state index is 11.8. The fraction of sp³-hybridized carbons (Fsp3) is 0.429. The van der Waals surface area contributed by atoms with E-state index in [1.165, 1.54) is 11.1 Å². The second-order valence-electron chi connectivity index (χ2n) is 7.87. The number of aromatic nitrogens is 2. The standard InChI is InChI=1S/C21H24N4O2S2/c1-15-22-20(19-18(13-28-21(19)23-15)16-5-3-2-4-6-16)25-10-8-24(9-11-25)17-7-12-29(26,27)14-17/h2-6,13,17H,7-12,14H2,1H3. The normalized spacial score (nSPS) is 22.4. The number of nitrogens with zero attached hydrogens (tertiary/aromatic N) is 4. The predicted molar refractivity (Wildman–Crippen MR) is 118 cm³/mol. The molecule has 0 spiro atoms. The Balaban J connectivity index is 1.44. The molecule has 2 aliphatic rings. The average molecular weight is 429 g/mol. The van der Waals surface area contributed by atoms with Gasteiger partial charge in [-0.15, -0.1) is 11.3 Å². The van der Waals surface area contributed by atoms with Crippen molar-refractivity contribution in [2.45, 2.75) is 19.4 Å². The van der Waals surface area contributed by atoms with E-state index in [-0.39, 0.29) is 6.04 Å². The van der Waals surface area contributed by atoms with Gasteiger partial charge in [0, 0.05) is 43.2 Å². The van der Waals surface area contributed by atoms with E-state index < -0.39 is 9.84 Å². The van der Waals surface area contributed by atoms with Gasteiger partial charge in [0.05, 0.1) is 16.9 Å². The molecule has 0 amide bonds. The first kappa shape index (κ1) is 19.0. The molecule has 2 fully saturated rings. The van der Waals surface area contributed by atoms with E-state index in [0.717, 1.165) is 54.5 Å². The number of aryl methyl sites for hydroxylation is 1. The zero-order valence-corrected chi connectivity index (χ0v) is 18.0. The Morgan fingerprint density at radius 1 is 1.07 bits per heavy atom. The molecule has 2 aromatic heterocycles. The number of hydrogen-bond donors (Lipinski definition) is 0. The number of hydrogen-bond acceptors (Lipinski definition) is 7. The molecule has 0 aliphatic carbocycles. The van der Waals surface area contributed by atoms with Crippen LogP contribution < -0.4 is 4.90 Å². The zero-order chi connectivity index (χ0) is 20.0. The Kier molecular flexibility index (Phi) is 4.80. The topological polar surface area (TPSA) is 66.4 Å². The number of sulfone groups is 1. The van der Waals surface area contributed by atoms with Gasteiger partial charge in [-0.05, 0) is 18.9 Å². The summed E-state index contributed by atoms with van der Waals surface area (Å²) in [6.45, 7) is 5.40. The number of thiophene rings is 1. The minimum Gasteiger partial charge on any atom is -0.353 e. The van der Waals surface area contributed by atoms with Crippen LogP contribution in [0.3, 0.4) is 0 Å². The third-order valence-electron chi connectivity index (χ3n) is 5.95. The van der Waals surface area contributed by atoms with Crippen molar-refractivity contribution in [1.29, 1.82) is 0 Å². The van der Waals surface area contributed by atoms with Gasteiger partial charge in [-0.25, -0.2) is 18.4 Å². The summed E-state index contributed by atoms with van der Waals surface area (Å²) in [5.74, 6) is 2.44. The van der Waals surface area contributed by atoms with Gasteiger partial charge in [0.25, 0.3) is 0 Å². The summed E-state index contributed by atoms with van der Waals surface area (Å²) in [6, 6.07) is 10.6. The summed E-state index contributed by atoms with van der Waals surface area (Å²) < 4.78 is 23.7. The Labute approximate surface area is 175 Å². The minimum atomic E-state index is -2.85. The smallest absolute Gasteiger partial charge is 0.151 e. The number of rotatable bonds is 3. The van der Waals surface area contributed by atoms with Gasteiger partial charge in [0.15, 0.2) is 9.84 Å². The summed E-state index contributed by atoms with van der Waals surface area (Å²) in [5, 5.41) is 3.31. The van der Waals surface area contributed by atoms with Crippen LogP contribution in [-0.4, -0.2) is 67.0 Å². The molecule has 0 saturated carbocycles. The van der Waals surface area contributed by atoms with Crippen molar-refractivity contribution in [3.63, 3.8) is 0 Å². The molecular formula is C21H24N4O2S2. The van der Waals surface area contributed by atoms with Crippen molar-refractivity contribution in [2.24, 2.45) is 0 Å². The molecule has 4 heterocycles. The minimum absolute atomic E-state index is 0.176. The van der Waals surface area contributed by atoms with E-state index in [4.69, 9.17) is 4.98 Å². The number of benzene rings is 1. The first-order chi connectivity index (χ1) is 14.0. The quantitative estimate of drug-likeness (QED) is 0.639. The molecule has 0 radical (unpaired) electrons. The molecule has 6 nitrogen and oxygen atoms in total. The van der Waals surface area contributed by atoms with Crippen molar-refractivity contribution in [1.82, 2.24) is 14.9 Å². The van der Waals surface area contributed by atoms with Crippen molar-refractivity contribution in [2.75, 3.05) is 42.6 Å². The van der Waals surface area contributed by atoms with E-state index in [2.05, 4.69) is 44.4 Å². The van der Waals surface area contributed by atoms with Gasteiger partial charge in [0.2, 0.25) is 0 Å². The van der Waals surface area contributed by atoms with Crippen LogP contribution in [0, 0.1) is 6.92 Å². The van der Waals surface area contributed by atoms with Crippen molar-refractivity contribution in [3.05, 3.63) is 41.5 Å². The van der Waals surface area contributed by atoms with Crippen LogP contribution in [-0.2, 0) is 9.84 Å². The van der Waals surface area contributed by atoms with Gasteiger partial charge < -0.3 is 4.90 Å². The maximum absolute atomic E-state index is 11.8. The lowest BCUT2D eigenvalue weighted by atomic mass is 10.1. The Morgan fingerprint density at radius 2 is 1.83 bits per heavy atom. The van der Waals surface area contributed by atoms with Crippen LogP contribution in [0.1, 0.15) is 12.2 Å². The third kappa shape index (κ3) is 3.65. The van der Waals surface area contributed by atoms with Gasteiger partial charge in [-0.2, -0.15) is 0 Å². The van der Waals surface area contributed by atoms with Crippen LogP contribution in [0.4, 0.5) is 5.82 Å². The summed E-state index contributed by atoms with van der Waals surface area (Å²) in [5.41, 5.74) is 2.37. The van der Waals surface area contributed by atoms with E-state index in [0.29, 0.717) is 11.5 Å². The molecule has 1 aromatic carbocycles. The van der Waals surface area contributed by atoms with Gasteiger partial charge in [0.1, 0.15) is 16.5 Å². The first-order valence-electron chi connectivity index (χ1n) is 10.0. The van der Waals surface area contributed by atoms with E-state index in [1.807, 2.05) is 13.0 Å². The van der Waals surface area contributed by atoms with Gasteiger partial charge in [-0.3, -0.25) is 4.90 Å². The lowest BCUT2D eigenvalue weighted by Gasteiger charge is -2.38. The van der Waals surface area contributed by atoms with Crippen LogP contribution in [0.2, 0.25) is 0 Å². The number of anilines is 1. The average Bonchev–Trinajstić information content (AvgIpc) is 3.31. The highest BCUT2D eigenvalue weighted by Gasteiger charge is 2.34. The number of fused-ring (bicyclic) bond motifs is 1. The molecule has 0 bridgehead atoms. The highest BCUT2D eigenvalue weighted by atomic mass is 32.2. The monoisotopic (exact) mass is 428 g/mol. The molecule has 8 heteroatoms. The Bertz CT molecular complexity index is 1140. The number of piperazine rings is 1. The Hall–Kier alpha value is -2.03. The molecule has 152 valence electrons.